The second-order valence-electron chi connectivity index (χ2n) is 3.55. The van der Waals surface area contributed by atoms with Gasteiger partial charge in [0, 0.05) is 13.2 Å². The molecule has 0 saturated carbocycles. The van der Waals surface area contributed by atoms with Crippen LogP contribution in [0, 0.1) is 0 Å². The van der Waals surface area contributed by atoms with E-state index in [4.69, 9.17) is 4.42 Å². The number of furan rings is 1. The first-order valence-corrected chi connectivity index (χ1v) is 6.53. The minimum Gasteiger partial charge on any atom is -0.440 e. The van der Waals surface area contributed by atoms with Gasteiger partial charge < -0.3 is 4.42 Å². The molecule has 2 aromatic rings. The van der Waals surface area contributed by atoms with Crippen molar-refractivity contribution in [2.24, 2.45) is 7.05 Å². The zero-order valence-corrected chi connectivity index (χ0v) is 10.3. The number of nitrogens with zero attached hydrogens (tertiary/aromatic N) is 2. The Labute approximate surface area is 103 Å². The fourth-order valence-corrected chi connectivity index (χ4v) is 2.29. The van der Waals surface area contributed by atoms with E-state index >= 15 is 0 Å². The van der Waals surface area contributed by atoms with Gasteiger partial charge in [-0.2, -0.15) is 5.10 Å². The molecule has 0 aliphatic rings. The monoisotopic (exact) mass is 269 g/mol. The number of nitrogens with one attached hydrogen (secondary N) is 1. The number of aromatic nitrogens is 2. The number of hydrogen-bond donors (Lipinski definition) is 1. The predicted molar refractivity (Wildman–Crippen MR) is 61.3 cm³/mol. The van der Waals surface area contributed by atoms with Crippen molar-refractivity contribution in [1.29, 1.82) is 0 Å². The summed E-state index contributed by atoms with van der Waals surface area (Å²) in [6, 6.07) is 4.22. The molecule has 0 unspecified atom stereocenters. The summed E-state index contributed by atoms with van der Waals surface area (Å²) in [7, 11) is -2.05. The van der Waals surface area contributed by atoms with Crippen LogP contribution in [0.25, 0.3) is 0 Å². The number of hydrogen-bond acceptors (Lipinski definition) is 5. The fraction of sp³-hybridized carbons (Fsp3) is 0.200. The van der Waals surface area contributed by atoms with Crippen molar-refractivity contribution in [2.75, 3.05) is 0 Å². The maximum Gasteiger partial charge on any atom is 0.274 e. The normalized spacial score (nSPS) is 11.6. The Bertz CT molecular complexity index is 656. The van der Waals surface area contributed by atoms with Crippen LogP contribution in [0.3, 0.4) is 0 Å². The van der Waals surface area contributed by atoms with Crippen LogP contribution in [-0.4, -0.2) is 24.5 Å². The number of rotatable bonds is 5. The van der Waals surface area contributed by atoms with Crippen molar-refractivity contribution in [2.45, 2.75) is 11.6 Å². The number of aryl methyl sites for hydroxylation is 1. The molecule has 0 aromatic carbocycles. The highest BCUT2D eigenvalue weighted by atomic mass is 32.2. The van der Waals surface area contributed by atoms with Crippen LogP contribution in [0.5, 0.6) is 0 Å². The van der Waals surface area contributed by atoms with Gasteiger partial charge in [0.1, 0.15) is 0 Å². The van der Waals surface area contributed by atoms with Gasteiger partial charge >= 0.3 is 0 Å². The number of carbonyl (C=O) groups excluding carboxylic acids is 1. The lowest BCUT2D eigenvalue weighted by Gasteiger charge is -2.04. The molecule has 0 radical (unpaired) electrons. The molecule has 96 valence electrons. The molecule has 8 heteroatoms. The molecule has 2 heterocycles. The van der Waals surface area contributed by atoms with Gasteiger partial charge in [-0.15, -0.1) is 0 Å². The molecule has 0 aliphatic carbocycles. The predicted octanol–water partition coefficient (Wildman–Crippen LogP) is 0.304. The van der Waals surface area contributed by atoms with Gasteiger partial charge in [-0.05, 0) is 18.2 Å². The van der Waals surface area contributed by atoms with Crippen molar-refractivity contribution in [3.63, 3.8) is 0 Å². The molecular weight excluding hydrogens is 258 g/mol. The van der Waals surface area contributed by atoms with Crippen molar-refractivity contribution < 1.29 is 17.6 Å². The molecule has 1 N–H and O–H groups in total. The Hall–Kier alpha value is -1.93. The molecule has 18 heavy (non-hydrogen) atoms. The maximum atomic E-state index is 11.8. The first-order valence-electron chi connectivity index (χ1n) is 5.04. The summed E-state index contributed by atoms with van der Waals surface area (Å²) in [6.45, 7) is 0.0932. The van der Waals surface area contributed by atoms with Crippen LogP contribution >= 0.6 is 0 Å². The van der Waals surface area contributed by atoms with Crippen molar-refractivity contribution in [1.82, 2.24) is 14.5 Å². The van der Waals surface area contributed by atoms with E-state index in [-0.39, 0.29) is 17.4 Å². The van der Waals surface area contributed by atoms with Gasteiger partial charge in [0.25, 0.3) is 10.0 Å². The summed E-state index contributed by atoms with van der Waals surface area (Å²) < 4.78 is 32.4. The average molecular weight is 269 g/mol. The summed E-state index contributed by atoms with van der Waals surface area (Å²) in [4.78, 5) is 10.4. The third-order valence-electron chi connectivity index (χ3n) is 2.35. The van der Waals surface area contributed by atoms with E-state index in [1.165, 1.54) is 12.1 Å². The van der Waals surface area contributed by atoms with Crippen LogP contribution in [-0.2, 0) is 23.6 Å². The minimum absolute atomic E-state index is 0.0316. The quantitative estimate of drug-likeness (QED) is 0.788. The summed E-state index contributed by atoms with van der Waals surface area (Å²) in [5.74, 6) is -0.0316. The van der Waals surface area contributed by atoms with Crippen LogP contribution in [0.15, 0.2) is 33.9 Å². The first-order chi connectivity index (χ1) is 8.53. The number of carbonyl (C=O) groups is 1. The Kier molecular flexibility index (Phi) is 3.30. The molecule has 0 amide bonds. The lowest BCUT2D eigenvalue weighted by atomic mass is 10.4. The van der Waals surface area contributed by atoms with Crippen LogP contribution in [0.1, 0.15) is 16.2 Å². The van der Waals surface area contributed by atoms with Gasteiger partial charge in [-0.1, -0.05) is 0 Å². The molecule has 0 bridgehead atoms. The molecule has 0 saturated heterocycles. The van der Waals surface area contributed by atoms with E-state index < -0.39 is 10.0 Å². The SMILES string of the molecule is Cn1nccc1CNS(=O)(=O)c1ccc(C=O)o1. The summed E-state index contributed by atoms with van der Waals surface area (Å²) in [5, 5.41) is 3.63. The first kappa shape index (κ1) is 12.5. The zero-order valence-electron chi connectivity index (χ0n) is 9.53. The smallest absolute Gasteiger partial charge is 0.274 e. The third-order valence-corrected chi connectivity index (χ3v) is 3.62. The third kappa shape index (κ3) is 2.49. The number of aldehydes is 1. The van der Waals surface area contributed by atoms with Gasteiger partial charge in [0.2, 0.25) is 5.09 Å². The van der Waals surface area contributed by atoms with Crippen molar-refractivity contribution in [3.05, 3.63) is 35.9 Å². The second-order valence-corrected chi connectivity index (χ2v) is 5.24. The second kappa shape index (κ2) is 4.75. The van der Waals surface area contributed by atoms with E-state index in [9.17, 15) is 13.2 Å². The minimum atomic E-state index is -3.76. The maximum absolute atomic E-state index is 11.8. The van der Waals surface area contributed by atoms with Gasteiger partial charge in [-0.3, -0.25) is 9.48 Å². The molecule has 0 aliphatic heterocycles. The average Bonchev–Trinajstić information content (AvgIpc) is 2.95. The summed E-state index contributed by atoms with van der Waals surface area (Å²) in [6.07, 6.45) is 2.02. The molecule has 2 rings (SSSR count). The topological polar surface area (TPSA) is 94.2 Å². The highest BCUT2D eigenvalue weighted by Crippen LogP contribution is 2.12. The highest BCUT2D eigenvalue weighted by molar-refractivity contribution is 7.89. The van der Waals surface area contributed by atoms with Gasteiger partial charge in [0.05, 0.1) is 12.2 Å². The summed E-state index contributed by atoms with van der Waals surface area (Å²) in [5.41, 5.74) is 0.709. The lowest BCUT2D eigenvalue weighted by molar-refractivity contribution is 0.109. The number of sulfonamides is 1. The van der Waals surface area contributed by atoms with E-state index in [0.29, 0.717) is 12.0 Å². The van der Waals surface area contributed by atoms with Gasteiger partial charge in [-0.25, -0.2) is 13.1 Å². The van der Waals surface area contributed by atoms with E-state index in [1.807, 2.05) is 0 Å². The fourth-order valence-electron chi connectivity index (χ4n) is 1.36. The zero-order chi connectivity index (χ0) is 13.2. The Morgan fingerprint density at radius 1 is 1.44 bits per heavy atom. The highest BCUT2D eigenvalue weighted by Gasteiger charge is 2.18. The van der Waals surface area contributed by atoms with E-state index in [1.54, 1.807) is 24.0 Å². The molecule has 0 spiro atoms. The Morgan fingerprint density at radius 3 is 2.78 bits per heavy atom. The lowest BCUT2D eigenvalue weighted by Crippen LogP contribution is -2.24. The van der Waals surface area contributed by atoms with Crippen molar-refractivity contribution >= 4 is 16.3 Å². The standard InChI is InChI=1S/C10H11N3O4S/c1-13-8(4-5-11-13)6-12-18(15,16)10-3-2-9(7-14)17-10/h2-5,7,12H,6H2,1H3. The van der Waals surface area contributed by atoms with Crippen LogP contribution in [0.2, 0.25) is 0 Å². The Balaban J connectivity index is 2.12. The van der Waals surface area contributed by atoms with Crippen LogP contribution in [0.4, 0.5) is 0 Å². The summed E-state index contributed by atoms with van der Waals surface area (Å²) >= 11 is 0. The van der Waals surface area contributed by atoms with Crippen LogP contribution < -0.4 is 4.72 Å². The molecule has 0 fully saturated rings. The Morgan fingerprint density at radius 2 is 2.22 bits per heavy atom. The largest absolute Gasteiger partial charge is 0.440 e. The van der Waals surface area contributed by atoms with Crippen molar-refractivity contribution in [3.8, 4) is 0 Å². The molecule has 0 atom stereocenters. The molecule has 2 aromatic heterocycles. The molecular formula is C10H11N3O4S. The van der Waals surface area contributed by atoms with Gasteiger partial charge in [0.15, 0.2) is 12.0 Å². The van der Waals surface area contributed by atoms with E-state index in [2.05, 4.69) is 9.82 Å². The molecule has 7 nitrogen and oxygen atoms in total. The van der Waals surface area contributed by atoms with E-state index in [0.717, 1.165) is 0 Å².